The number of carbonyl (C=O) groups is 3. The van der Waals surface area contributed by atoms with E-state index in [1.165, 1.54) is 83.5 Å². The molecule has 0 aromatic heterocycles. The van der Waals surface area contributed by atoms with Crippen molar-refractivity contribution < 1.29 is 28.6 Å². The van der Waals surface area contributed by atoms with Gasteiger partial charge in [0.05, 0.1) is 0 Å². The molecule has 0 heterocycles. The molecule has 0 aliphatic carbocycles. The zero-order chi connectivity index (χ0) is 33.6. The zero-order valence-corrected chi connectivity index (χ0v) is 30.1. The molecule has 0 rings (SSSR count). The summed E-state index contributed by atoms with van der Waals surface area (Å²) in [7, 11) is 0. The lowest BCUT2D eigenvalue weighted by atomic mass is 10.1. The highest BCUT2D eigenvalue weighted by Crippen LogP contribution is 2.11. The Labute approximate surface area is 285 Å². The first kappa shape index (κ1) is 48.3. The van der Waals surface area contributed by atoms with Crippen LogP contribution >= 0.6 is 0 Å². The third-order valence-corrected chi connectivity index (χ3v) is 7.59. The van der Waals surface area contributed by atoms with E-state index in [9.17, 15) is 14.4 Å². The van der Waals surface area contributed by atoms with E-state index in [0.717, 1.165) is 57.8 Å². The molecule has 0 aromatic carbocycles. The van der Waals surface area contributed by atoms with Crippen LogP contribution in [-0.4, -0.2) is 37.2 Å². The normalized spacial score (nSPS) is 11.2. The fourth-order valence-corrected chi connectivity index (χ4v) is 4.66. The molecule has 0 aliphatic heterocycles. The van der Waals surface area contributed by atoms with Crippen molar-refractivity contribution in [1.29, 1.82) is 0 Å². The van der Waals surface area contributed by atoms with E-state index < -0.39 is 6.10 Å². The first-order valence-corrected chi connectivity index (χ1v) is 18.7. The molecule has 0 fully saturated rings. The topological polar surface area (TPSA) is 78.9 Å². The highest BCUT2D eigenvalue weighted by molar-refractivity contribution is 5.71. The van der Waals surface area contributed by atoms with Crippen molar-refractivity contribution in [2.75, 3.05) is 13.2 Å². The highest BCUT2D eigenvalue weighted by atomic mass is 16.6. The Hall–Kier alpha value is -2.11. The Bertz CT molecular complexity index is 702. The standard InChI is InChI=1S/C32H58O6.C7H14.CH4/c1-4-7-9-11-12-13-14-15-16-17-18-19-20-22-23-25-31(34)37-28-29(27-36-30(33)6-3)38-32(35)26-24-21-10-8-5-2;1-3-5-7-6-4-2;/h15-16,29H,4-14,17-28H2,1-3H3;3H,1,4-7H2,2H3;1H4/b16-15-;;. The SMILES string of the molecule is C.C=CCCCCC.CCCCCCCC/C=C\CCCCCCCC(=O)OCC(COC(=O)CC)OC(=O)CCCCCCC. The molecule has 0 N–H and O–H groups in total. The minimum absolute atomic E-state index is 0. The molecule has 0 amide bonds. The van der Waals surface area contributed by atoms with Crippen LogP contribution in [0, 0.1) is 0 Å². The Kier molecular flexibility index (Phi) is 42.9. The van der Waals surface area contributed by atoms with E-state index >= 15 is 0 Å². The lowest BCUT2D eigenvalue weighted by molar-refractivity contribution is -0.166. The summed E-state index contributed by atoms with van der Waals surface area (Å²) in [5.41, 5.74) is 0. The third-order valence-electron chi connectivity index (χ3n) is 7.59. The maximum Gasteiger partial charge on any atom is 0.306 e. The van der Waals surface area contributed by atoms with Gasteiger partial charge in [-0.3, -0.25) is 14.4 Å². The maximum atomic E-state index is 12.2. The average Bonchev–Trinajstić information content (AvgIpc) is 3.04. The van der Waals surface area contributed by atoms with E-state index in [0.29, 0.717) is 12.8 Å². The van der Waals surface area contributed by atoms with E-state index in [4.69, 9.17) is 14.2 Å². The van der Waals surface area contributed by atoms with Crippen molar-refractivity contribution in [2.45, 2.75) is 202 Å². The Morgan fingerprint density at radius 1 is 0.522 bits per heavy atom. The molecule has 0 aromatic rings. The van der Waals surface area contributed by atoms with Crippen molar-refractivity contribution in [1.82, 2.24) is 0 Å². The molecule has 0 aliphatic rings. The van der Waals surface area contributed by atoms with Crippen molar-refractivity contribution in [3.05, 3.63) is 24.8 Å². The summed E-state index contributed by atoms with van der Waals surface area (Å²) in [6.07, 6.45) is 32.9. The predicted molar refractivity (Wildman–Crippen MR) is 196 cm³/mol. The highest BCUT2D eigenvalue weighted by Gasteiger charge is 2.19. The summed E-state index contributed by atoms with van der Waals surface area (Å²) in [5, 5.41) is 0. The zero-order valence-electron chi connectivity index (χ0n) is 30.1. The van der Waals surface area contributed by atoms with Gasteiger partial charge in [0.1, 0.15) is 13.2 Å². The number of ether oxygens (including phenoxy) is 3. The first-order valence-electron chi connectivity index (χ1n) is 18.7. The molecular formula is C40H76O6. The van der Waals surface area contributed by atoms with Gasteiger partial charge in [0.2, 0.25) is 0 Å². The van der Waals surface area contributed by atoms with Crippen LogP contribution in [0.2, 0.25) is 0 Å². The van der Waals surface area contributed by atoms with E-state index in [-0.39, 0.29) is 45.0 Å². The quantitative estimate of drug-likeness (QED) is 0.0321. The van der Waals surface area contributed by atoms with Crippen LogP contribution in [0.1, 0.15) is 196 Å². The van der Waals surface area contributed by atoms with Crippen LogP contribution in [0.3, 0.4) is 0 Å². The van der Waals surface area contributed by atoms with Gasteiger partial charge >= 0.3 is 17.9 Å². The van der Waals surface area contributed by atoms with E-state index in [1.807, 2.05) is 6.08 Å². The van der Waals surface area contributed by atoms with Crippen molar-refractivity contribution >= 4 is 17.9 Å². The van der Waals surface area contributed by atoms with Crippen LogP contribution in [0.25, 0.3) is 0 Å². The molecule has 0 spiro atoms. The number of allylic oxidation sites excluding steroid dienone is 3. The lowest BCUT2D eigenvalue weighted by Crippen LogP contribution is -2.30. The number of esters is 3. The first-order chi connectivity index (χ1) is 21.9. The molecule has 6 heteroatoms. The molecular weight excluding hydrogens is 576 g/mol. The second kappa shape index (κ2) is 40.9. The summed E-state index contributed by atoms with van der Waals surface area (Å²) in [6, 6.07) is 0. The van der Waals surface area contributed by atoms with Crippen molar-refractivity contribution in [3.8, 4) is 0 Å². The van der Waals surface area contributed by atoms with Gasteiger partial charge in [0.15, 0.2) is 6.10 Å². The van der Waals surface area contributed by atoms with Gasteiger partial charge in [-0.25, -0.2) is 0 Å². The van der Waals surface area contributed by atoms with Crippen LogP contribution in [-0.2, 0) is 28.6 Å². The molecule has 0 bridgehead atoms. The van der Waals surface area contributed by atoms with Crippen molar-refractivity contribution in [2.24, 2.45) is 0 Å². The van der Waals surface area contributed by atoms with Gasteiger partial charge in [-0.2, -0.15) is 0 Å². The maximum absolute atomic E-state index is 12.2. The average molecular weight is 653 g/mol. The number of unbranched alkanes of at least 4 members (excludes halogenated alkanes) is 18. The van der Waals surface area contributed by atoms with Crippen LogP contribution in [0.15, 0.2) is 24.8 Å². The Morgan fingerprint density at radius 3 is 1.39 bits per heavy atom. The number of carbonyl (C=O) groups excluding carboxylic acids is 3. The molecule has 272 valence electrons. The summed E-state index contributed by atoms with van der Waals surface area (Å²) < 4.78 is 15.9. The van der Waals surface area contributed by atoms with E-state index in [1.54, 1.807) is 6.92 Å². The van der Waals surface area contributed by atoms with Gasteiger partial charge in [-0.1, -0.05) is 143 Å². The molecule has 6 nitrogen and oxygen atoms in total. The van der Waals surface area contributed by atoms with Crippen molar-refractivity contribution in [3.63, 3.8) is 0 Å². The second-order valence-electron chi connectivity index (χ2n) is 12.1. The number of hydrogen-bond donors (Lipinski definition) is 0. The predicted octanol–water partition coefficient (Wildman–Crippen LogP) is 12.2. The van der Waals surface area contributed by atoms with Crippen LogP contribution in [0.5, 0.6) is 0 Å². The van der Waals surface area contributed by atoms with Gasteiger partial charge < -0.3 is 14.2 Å². The molecule has 1 atom stereocenters. The Balaban J connectivity index is -0.00000205. The van der Waals surface area contributed by atoms with Gasteiger partial charge in [-0.15, -0.1) is 6.58 Å². The summed E-state index contributed by atoms with van der Waals surface area (Å²) in [5.74, 6) is -1.01. The fraction of sp³-hybridized carbons (Fsp3) is 0.825. The van der Waals surface area contributed by atoms with E-state index in [2.05, 4.69) is 39.5 Å². The fourth-order valence-electron chi connectivity index (χ4n) is 4.66. The van der Waals surface area contributed by atoms with Gasteiger partial charge in [0.25, 0.3) is 0 Å². The summed E-state index contributed by atoms with van der Waals surface area (Å²) >= 11 is 0. The second-order valence-corrected chi connectivity index (χ2v) is 12.1. The molecule has 0 saturated heterocycles. The summed E-state index contributed by atoms with van der Waals surface area (Å²) in [4.78, 5) is 35.8. The number of hydrogen-bond acceptors (Lipinski definition) is 6. The smallest absolute Gasteiger partial charge is 0.306 e. The minimum Gasteiger partial charge on any atom is -0.462 e. The number of rotatable bonds is 31. The van der Waals surface area contributed by atoms with Crippen LogP contribution < -0.4 is 0 Å². The largest absolute Gasteiger partial charge is 0.462 e. The summed E-state index contributed by atoms with van der Waals surface area (Å²) in [6.45, 7) is 11.8. The monoisotopic (exact) mass is 653 g/mol. The third kappa shape index (κ3) is 39.9. The van der Waals surface area contributed by atoms with Gasteiger partial charge in [-0.05, 0) is 51.4 Å². The molecule has 0 radical (unpaired) electrons. The molecule has 0 saturated carbocycles. The molecule has 1 unspecified atom stereocenters. The molecule has 46 heavy (non-hydrogen) atoms. The minimum atomic E-state index is -0.758. The van der Waals surface area contributed by atoms with Crippen LogP contribution in [0.4, 0.5) is 0 Å². The lowest BCUT2D eigenvalue weighted by Gasteiger charge is -2.18. The van der Waals surface area contributed by atoms with Gasteiger partial charge in [0, 0.05) is 19.3 Å². The Morgan fingerprint density at radius 2 is 0.913 bits per heavy atom.